The van der Waals surface area contributed by atoms with E-state index in [1.54, 1.807) is 0 Å². The molecular weight excluding hydrogens is 180 g/mol. The highest BCUT2D eigenvalue weighted by atomic mass is 16.6. The number of hydrogen-bond donors (Lipinski definition) is 0. The Balaban J connectivity index is 3.70. The first-order valence-corrected chi connectivity index (χ1v) is 5.18. The molecular formula is C11H22O3. The maximum Gasteiger partial charge on any atom is 0.303 e. The third-order valence-corrected chi connectivity index (χ3v) is 2.10. The number of hydrogen-bond acceptors (Lipinski definition) is 3. The summed E-state index contributed by atoms with van der Waals surface area (Å²) < 4.78 is 10.7. The molecule has 1 unspecified atom stereocenters. The molecule has 0 rings (SSSR count). The van der Waals surface area contributed by atoms with Crippen molar-refractivity contribution in [2.24, 2.45) is 0 Å². The SMILES string of the molecule is CCC(C)OCCC(C)(C)OC(C)=O. The first-order chi connectivity index (χ1) is 6.37. The quantitative estimate of drug-likeness (QED) is 0.621. The number of rotatable bonds is 6. The van der Waals surface area contributed by atoms with Gasteiger partial charge in [0.25, 0.3) is 0 Å². The Morgan fingerprint density at radius 1 is 1.43 bits per heavy atom. The van der Waals surface area contributed by atoms with Crippen LogP contribution in [-0.4, -0.2) is 24.3 Å². The monoisotopic (exact) mass is 202 g/mol. The molecule has 0 radical (unpaired) electrons. The maximum absolute atomic E-state index is 10.7. The molecule has 84 valence electrons. The van der Waals surface area contributed by atoms with Crippen molar-refractivity contribution in [2.45, 2.75) is 59.2 Å². The second-order valence-corrected chi connectivity index (χ2v) is 4.19. The summed E-state index contributed by atoms with van der Waals surface area (Å²) in [7, 11) is 0. The Morgan fingerprint density at radius 3 is 2.43 bits per heavy atom. The van der Waals surface area contributed by atoms with Crippen LogP contribution in [0.15, 0.2) is 0 Å². The van der Waals surface area contributed by atoms with E-state index in [-0.39, 0.29) is 12.1 Å². The molecule has 0 bridgehead atoms. The van der Waals surface area contributed by atoms with Crippen LogP contribution in [0.1, 0.15) is 47.5 Å². The minimum Gasteiger partial charge on any atom is -0.460 e. The van der Waals surface area contributed by atoms with Gasteiger partial charge in [0, 0.05) is 13.3 Å². The van der Waals surface area contributed by atoms with Crippen molar-refractivity contribution >= 4 is 5.97 Å². The second kappa shape index (κ2) is 6.02. The van der Waals surface area contributed by atoms with Gasteiger partial charge >= 0.3 is 5.97 Å². The van der Waals surface area contributed by atoms with Gasteiger partial charge in [-0.25, -0.2) is 0 Å². The highest BCUT2D eigenvalue weighted by molar-refractivity contribution is 5.66. The lowest BCUT2D eigenvalue weighted by Gasteiger charge is -2.24. The van der Waals surface area contributed by atoms with Crippen LogP contribution in [-0.2, 0) is 14.3 Å². The van der Waals surface area contributed by atoms with Crippen LogP contribution in [0.2, 0.25) is 0 Å². The lowest BCUT2D eigenvalue weighted by molar-refractivity contribution is -0.155. The van der Waals surface area contributed by atoms with E-state index < -0.39 is 5.60 Å². The summed E-state index contributed by atoms with van der Waals surface area (Å²) in [6, 6.07) is 0. The molecule has 14 heavy (non-hydrogen) atoms. The Kier molecular flexibility index (Phi) is 5.77. The molecule has 0 spiro atoms. The Labute approximate surface area is 86.8 Å². The number of carbonyl (C=O) groups is 1. The molecule has 3 heteroatoms. The minimum absolute atomic E-state index is 0.237. The van der Waals surface area contributed by atoms with Crippen LogP contribution >= 0.6 is 0 Å². The van der Waals surface area contributed by atoms with Crippen molar-refractivity contribution < 1.29 is 14.3 Å². The van der Waals surface area contributed by atoms with Crippen LogP contribution in [0.4, 0.5) is 0 Å². The molecule has 0 aliphatic heterocycles. The number of ether oxygens (including phenoxy) is 2. The third kappa shape index (κ3) is 6.89. The third-order valence-electron chi connectivity index (χ3n) is 2.10. The summed E-state index contributed by atoms with van der Waals surface area (Å²) in [5.74, 6) is -0.237. The Bertz CT molecular complexity index is 175. The largest absolute Gasteiger partial charge is 0.460 e. The van der Waals surface area contributed by atoms with E-state index in [9.17, 15) is 4.79 Å². The maximum atomic E-state index is 10.7. The van der Waals surface area contributed by atoms with Crippen molar-refractivity contribution in [3.63, 3.8) is 0 Å². The summed E-state index contributed by atoms with van der Waals surface area (Å²) in [6.45, 7) is 9.98. The van der Waals surface area contributed by atoms with Gasteiger partial charge in [0.15, 0.2) is 0 Å². The molecule has 0 heterocycles. The van der Waals surface area contributed by atoms with Crippen molar-refractivity contribution in [1.29, 1.82) is 0 Å². The number of carbonyl (C=O) groups excluding carboxylic acids is 1. The lowest BCUT2D eigenvalue weighted by atomic mass is 10.1. The van der Waals surface area contributed by atoms with Crippen LogP contribution in [0.5, 0.6) is 0 Å². The van der Waals surface area contributed by atoms with Gasteiger partial charge in [0.1, 0.15) is 5.60 Å². The van der Waals surface area contributed by atoms with Gasteiger partial charge in [-0.2, -0.15) is 0 Å². The van der Waals surface area contributed by atoms with Gasteiger partial charge < -0.3 is 9.47 Å². The fraction of sp³-hybridized carbons (Fsp3) is 0.909. The molecule has 0 aromatic rings. The molecule has 0 aliphatic carbocycles. The fourth-order valence-electron chi connectivity index (χ4n) is 1.06. The highest BCUT2D eigenvalue weighted by Crippen LogP contribution is 2.15. The fourth-order valence-corrected chi connectivity index (χ4v) is 1.06. The first kappa shape index (κ1) is 13.4. The summed E-state index contributed by atoms with van der Waals surface area (Å²) in [6.07, 6.45) is 2.02. The van der Waals surface area contributed by atoms with E-state index in [0.29, 0.717) is 6.61 Å². The minimum atomic E-state index is -0.417. The van der Waals surface area contributed by atoms with Crippen molar-refractivity contribution in [2.75, 3.05) is 6.61 Å². The highest BCUT2D eigenvalue weighted by Gasteiger charge is 2.20. The van der Waals surface area contributed by atoms with Gasteiger partial charge in [0.2, 0.25) is 0 Å². The molecule has 3 nitrogen and oxygen atoms in total. The molecule has 0 aliphatic rings. The van der Waals surface area contributed by atoms with E-state index in [1.165, 1.54) is 6.92 Å². The number of esters is 1. The Hall–Kier alpha value is -0.570. The lowest BCUT2D eigenvalue weighted by Crippen LogP contribution is -2.29. The average molecular weight is 202 g/mol. The molecule has 0 N–H and O–H groups in total. The van der Waals surface area contributed by atoms with E-state index in [2.05, 4.69) is 6.92 Å². The zero-order valence-electron chi connectivity index (χ0n) is 9.92. The molecule has 0 saturated heterocycles. The summed E-state index contributed by atoms with van der Waals surface area (Å²) >= 11 is 0. The van der Waals surface area contributed by atoms with Crippen LogP contribution in [0.25, 0.3) is 0 Å². The topological polar surface area (TPSA) is 35.5 Å². The second-order valence-electron chi connectivity index (χ2n) is 4.19. The molecule has 0 fully saturated rings. The normalized spacial score (nSPS) is 13.8. The molecule has 0 aromatic heterocycles. The van der Waals surface area contributed by atoms with Gasteiger partial charge in [-0.1, -0.05) is 6.92 Å². The van der Waals surface area contributed by atoms with Gasteiger partial charge in [-0.3, -0.25) is 4.79 Å². The summed E-state index contributed by atoms with van der Waals surface area (Å²) in [5.41, 5.74) is -0.417. The predicted molar refractivity (Wildman–Crippen MR) is 56.2 cm³/mol. The predicted octanol–water partition coefficient (Wildman–Crippen LogP) is 2.53. The molecule has 0 aromatic carbocycles. The Morgan fingerprint density at radius 2 is 2.00 bits per heavy atom. The standard InChI is InChI=1S/C11H22O3/c1-6-9(2)13-8-7-11(4,5)14-10(3)12/h9H,6-8H2,1-5H3. The van der Waals surface area contributed by atoms with Gasteiger partial charge in [-0.15, -0.1) is 0 Å². The molecule has 1 atom stereocenters. The average Bonchev–Trinajstić information content (AvgIpc) is 2.01. The van der Waals surface area contributed by atoms with Crippen LogP contribution in [0, 0.1) is 0 Å². The van der Waals surface area contributed by atoms with E-state index in [0.717, 1.165) is 12.8 Å². The van der Waals surface area contributed by atoms with E-state index >= 15 is 0 Å². The zero-order chi connectivity index (χ0) is 11.2. The zero-order valence-corrected chi connectivity index (χ0v) is 9.92. The van der Waals surface area contributed by atoms with Crippen LogP contribution in [0.3, 0.4) is 0 Å². The van der Waals surface area contributed by atoms with Crippen molar-refractivity contribution in [3.05, 3.63) is 0 Å². The smallest absolute Gasteiger partial charge is 0.303 e. The molecule has 0 saturated carbocycles. The van der Waals surface area contributed by atoms with Crippen molar-refractivity contribution in [3.8, 4) is 0 Å². The van der Waals surface area contributed by atoms with E-state index in [4.69, 9.17) is 9.47 Å². The van der Waals surface area contributed by atoms with Gasteiger partial charge in [-0.05, 0) is 27.2 Å². The summed E-state index contributed by atoms with van der Waals surface area (Å²) in [4.78, 5) is 10.7. The van der Waals surface area contributed by atoms with Crippen molar-refractivity contribution in [1.82, 2.24) is 0 Å². The van der Waals surface area contributed by atoms with Gasteiger partial charge in [0.05, 0.1) is 12.7 Å². The molecule has 0 amide bonds. The summed E-state index contributed by atoms with van der Waals surface area (Å²) in [5, 5.41) is 0. The first-order valence-electron chi connectivity index (χ1n) is 5.18. The van der Waals surface area contributed by atoms with E-state index in [1.807, 2.05) is 20.8 Å². The van der Waals surface area contributed by atoms with Crippen LogP contribution < -0.4 is 0 Å².